The zero-order chi connectivity index (χ0) is 13.8. The van der Waals surface area contributed by atoms with Crippen molar-refractivity contribution in [1.82, 2.24) is 0 Å². The molecule has 0 saturated heterocycles. The molecule has 19 heavy (non-hydrogen) atoms. The maximum absolute atomic E-state index is 11.9. The fourth-order valence-corrected chi connectivity index (χ4v) is 3.17. The summed E-state index contributed by atoms with van der Waals surface area (Å²) < 4.78 is 6.22. The number of hydrogen-bond acceptors (Lipinski definition) is 3. The van der Waals surface area contributed by atoms with Gasteiger partial charge in [-0.1, -0.05) is 53.0 Å². The Morgan fingerprint density at radius 3 is 2.58 bits per heavy atom. The molecular weight excluding hydrogens is 327 g/mol. The summed E-state index contributed by atoms with van der Waals surface area (Å²) in [5.74, 6) is -0.194. The van der Waals surface area contributed by atoms with E-state index in [0.29, 0.717) is 19.3 Å². The molecule has 0 unspecified atom stereocenters. The van der Waals surface area contributed by atoms with Crippen molar-refractivity contribution in [3.05, 3.63) is 55.2 Å². The summed E-state index contributed by atoms with van der Waals surface area (Å²) in [6, 6.07) is 8.88. The average Bonchev–Trinajstić information content (AvgIpc) is 2.71. The van der Waals surface area contributed by atoms with Gasteiger partial charge in [0.2, 0.25) is 0 Å². The predicted molar refractivity (Wildman–Crippen MR) is 79.8 cm³/mol. The third-order valence-electron chi connectivity index (χ3n) is 2.41. The van der Waals surface area contributed by atoms with E-state index in [1.165, 1.54) is 0 Å². The molecule has 0 aliphatic rings. The molecule has 100 valence electrons. The summed E-state index contributed by atoms with van der Waals surface area (Å²) in [7, 11) is 0. The lowest BCUT2D eigenvalue weighted by molar-refractivity contribution is 0.0727. The van der Waals surface area contributed by atoms with E-state index in [-0.39, 0.29) is 19.0 Å². The first kappa shape index (κ1) is 14.8. The summed E-state index contributed by atoms with van der Waals surface area (Å²) in [6.07, 6.45) is 0. The quantitative estimate of drug-likeness (QED) is 0.710. The zero-order valence-electron chi connectivity index (χ0n) is 9.66. The summed E-state index contributed by atoms with van der Waals surface area (Å²) in [6.45, 7) is 0.221. The molecule has 0 aliphatic carbocycles. The molecule has 0 radical (unpaired) electrons. The van der Waals surface area contributed by atoms with Crippen LogP contribution in [0.15, 0.2) is 30.3 Å². The summed E-state index contributed by atoms with van der Waals surface area (Å²) in [4.78, 5) is 11.9. The SMILES string of the molecule is O=C(COCc1ccccc1Cl)c1cc(Cl)sc1Cl. The second-order valence-corrected chi connectivity index (χ2v) is 6.44. The highest BCUT2D eigenvalue weighted by atomic mass is 35.5. The fourth-order valence-electron chi connectivity index (χ4n) is 1.48. The van der Waals surface area contributed by atoms with Gasteiger partial charge in [-0.2, -0.15) is 0 Å². The topological polar surface area (TPSA) is 26.3 Å². The Labute approximate surface area is 129 Å². The van der Waals surface area contributed by atoms with Crippen LogP contribution in [0.2, 0.25) is 13.7 Å². The molecule has 2 aromatic rings. The smallest absolute Gasteiger partial charge is 0.190 e. The van der Waals surface area contributed by atoms with Crippen molar-refractivity contribution in [3.8, 4) is 0 Å². The number of halogens is 3. The molecule has 2 rings (SSSR count). The standard InChI is InChI=1S/C13H9Cl3O2S/c14-10-4-2-1-3-8(10)6-18-7-11(17)9-5-12(15)19-13(9)16/h1-5H,6-7H2. The minimum Gasteiger partial charge on any atom is -0.369 e. The molecule has 0 atom stereocenters. The van der Waals surface area contributed by atoms with E-state index in [9.17, 15) is 4.79 Å². The van der Waals surface area contributed by atoms with Gasteiger partial charge in [0, 0.05) is 5.02 Å². The molecule has 0 fully saturated rings. The molecular formula is C13H9Cl3O2S. The van der Waals surface area contributed by atoms with Gasteiger partial charge in [0.1, 0.15) is 10.9 Å². The Morgan fingerprint density at radius 2 is 1.95 bits per heavy atom. The Balaban J connectivity index is 1.91. The van der Waals surface area contributed by atoms with E-state index >= 15 is 0 Å². The van der Waals surface area contributed by atoms with Gasteiger partial charge in [-0.05, 0) is 17.7 Å². The van der Waals surface area contributed by atoms with Crippen LogP contribution in [0, 0.1) is 0 Å². The lowest BCUT2D eigenvalue weighted by Crippen LogP contribution is -2.08. The van der Waals surface area contributed by atoms with Crippen molar-refractivity contribution < 1.29 is 9.53 Å². The summed E-state index contributed by atoms with van der Waals surface area (Å²) >= 11 is 18.8. The Bertz CT molecular complexity index is 595. The molecule has 1 heterocycles. The van der Waals surface area contributed by atoms with E-state index in [0.717, 1.165) is 16.9 Å². The van der Waals surface area contributed by atoms with Gasteiger partial charge in [0.15, 0.2) is 5.78 Å². The fraction of sp³-hybridized carbons (Fsp3) is 0.154. The monoisotopic (exact) mass is 334 g/mol. The first-order valence-electron chi connectivity index (χ1n) is 5.37. The van der Waals surface area contributed by atoms with Crippen LogP contribution in [0.1, 0.15) is 15.9 Å². The minimum absolute atomic E-state index is 0.0575. The Morgan fingerprint density at radius 1 is 1.21 bits per heavy atom. The molecule has 1 aromatic heterocycles. The maximum atomic E-state index is 11.9. The molecule has 0 bridgehead atoms. The first-order valence-corrected chi connectivity index (χ1v) is 7.32. The van der Waals surface area contributed by atoms with Gasteiger partial charge < -0.3 is 4.74 Å². The van der Waals surface area contributed by atoms with Gasteiger partial charge in [-0.3, -0.25) is 4.79 Å². The van der Waals surface area contributed by atoms with E-state index in [2.05, 4.69) is 0 Å². The predicted octanol–water partition coefficient (Wildman–Crippen LogP) is 5.11. The van der Waals surface area contributed by atoms with Crippen LogP contribution in [0.4, 0.5) is 0 Å². The van der Waals surface area contributed by atoms with Crippen molar-refractivity contribution in [2.75, 3.05) is 6.61 Å². The number of ether oxygens (including phenoxy) is 1. The van der Waals surface area contributed by atoms with Crippen LogP contribution in [-0.2, 0) is 11.3 Å². The van der Waals surface area contributed by atoms with Crippen molar-refractivity contribution in [1.29, 1.82) is 0 Å². The maximum Gasteiger partial charge on any atom is 0.190 e. The van der Waals surface area contributed by atoms with Gasteiger partial charge in [-0.15, -0.1) is 11.3 Å². The van der Waals surface area contributed by atoms with E-state index in [4.69, 9.17) is 39.5 Å². The Kier molecular flexibility index (Phi) is 5.25. The molecule has 0 spiro atoms. The zero-order valence-corrected chi connectivity index (χ0v) is 12.7. The normalized spacial score (nSPS) is 10.7. The van der Waals surface area contributed by atoms with Crippen LogP contribution >= 0.6 is 46.1 Å². The van der Waals surface area contributed by atoms with E-state index in [1.807, 2.05) is 18.2 Å². The molecule has 0 aliphatic heterocycles. The third kappa shape index (κ3) is 3.94. The van der Waals surface area contributed by atoms with E-state index < -0.39 is 0 Å². The van der Waals surface area contributed by atoms with Crippen molar-refractivity contribution in [2.24, 2.45) is 0 Å². The highest BCUT2D eigenvalue weighted by Gasteiger charge is 2.14. The average molecular weight is 336 g/mol. The van der Waals surface area contributed by atoms with Crippen LogP contribution in [0.3, 0.4) is 0 Å². The van der Waals surface area contributed by atoms with Crippen molar-refractivity contribution >= 4 is 51.9 Å². The molecule has 2 nitrogen and oxygen atoms in total. The lowest BCUT2D eigenvalue weighted by Gasteiger charge is -2.05. The number of ketones is 1. The minimum atomic E-state index is -0.194. The first-order chi connectivity index (χ1) is 9.08. The largest absolute Gasteiger partial charge is 0.369 e. The lowest BCUT2D eigenvalue weighted by atomic mass is 10.2. The van der Waals surface area contributed by atoms with Gasteiger partial charge in [-0.25, -0.2) is 0 Å². The van der Waals surface area contributed by atoms with Crippen molar-refractivity contribution in [2.45, 2.75) is 6.61 Å². The number of Topliss-reactive ketones (excluding diaryl/α,β-unsaturated/α-hetero) is 1. The van der Waals surface area contributed by atoms with Crippen molar-refractivity contribution in [3.63, 3.8) is 0 Å². The highest BCUT2D eigenvalue weighted by Crippen LogP contribution is 2.31. The van der Waals surface area contributed by atoms with Gasteiger partial charge in [0.25, 0.3) is 0 Å². The van der Waals surface area contributed by atoms with E-state index in [1.54, 1.807) is 12.1 Å². The number of carbonyl (C=O) groups is 1. The number of rotatable bonds is 5. The Hall–Kier alpha value is -0.580. The van der Waals surface area contributed by atoms with Crippen LogP contribution < -0.4 is 0 Å². The summed E-state index contributed by atoms with van der Waals surface area (Å²) in [5, 5.41) is 0.617. The van der Waals surface area contributed by atoms with Crippen LogP contribution in [-0.4, -0.2) is 12.4 Å². The molecule has 0 N–H and O–H groups in total. The molecule has 0 amide bonds. The van der Waals surface area contributed by atoms with Crippen LogP contribution in [0.25, 0.3) is 0 Å². The van der Waals surface area contributed by atoms with Gasteiger partial charge >= 0.3 is 0 Å². The number of benzene rings is 1. The molecule has 1 aromatic carbocycles. The second-order valence-electron chi connectivity index (χ2n) is 3.75. The second kappa shape index (κ2) is 6.73. The molecule has 0 saturated carbocycles. The van der Waals surface area contributed by atoms with Gasteiger partial charge in [0.05, 0.1) is 16.5 Å². The number of thiophene rings is 1. The summed E-state index contributed by atoms with van der Waals surface area (Å²) in [5.41, 5.74) is 1.24. The molecule has 6 heteroatoms. The number of hydrogen-bond donors (Lipinski definition) is 0. The third-order valence-corrected chi connectivity index (χ3v) is 4.26. The highest BCUT2D eigenvalue weighted by molar-refractivity contribution is 7.20. The number of carbonyl (C=O) groups excluding carboxylic acids is 1. The van der Waals surface area contributed by atoms with Crippen LogP contribution in [0.5, 0.6) is 0 Å².